The van der Waals surface area contributed by atoms with Crippen molar-refractivity contribution in [2.45, 2.75) is 0 Å². The summed E-state index contributed by atoms with van der Waals surface area (Å²) in [6.07, 6.45) is 1.61. The molecule has 0 unspecified atom stereocenters. The van der Waals surface area contributed by atoms with Crippen LogP contribution in [0, 0.1) is 0 Å². The van der Waals surface area contributed by atoms with E-state index in [0.717, 1.165) is 5.56 Å². The second-order valence-electron chi connectivity index (χ2n) is 1.99. The number of pyridine rings is 1. The molecule has 0 aliphatic carbocycles. The maximum atomic E-state index is 5.64. The smallest absolute Gasteiger partial charge is 0.129 e. The van der Waals surface area contributed by atoms with Crippen LogP contribution in [0.2, 0.25) is 5.15 Å². The molecule has 0 N–H and O–H groups in total. The van der Waals surface area contributed by atoms with E-state index in [0.29, 0.717) is 10.9 Å². The van der Waals surface area contributed by atoms with Gasteiger partial charge in [-0.3, -0.25) is 0 Å². The summed E-state index contributed by atoms with van der Waals surface area (Å²) in [5.74, 6) is 0.592. The summed E-state index contributed by atoms with van der Waals surface area (Å²) in [6, 6.07) is 3.49. The molecule has 0 saturated heterocycles. The Hall–Kier alpha value is -1.02. The van der Waals surface area contributed by atoms with Crippen LogP contribution in [0.25, 0.3) is 5.76 Å². The Morgan fingerprint density at radius 2 is 2.45 bits per heavy atom. The first-order valence-electron chi connectivity index (χ1n) is 3.09. The van der Waals surface area contributed by atoms with Gasteiger partial charge < -0.3 is 4.74 Å². The average molecular weight is 170 g/mol. The van der Waals surface area contributed by atoms with Crippen LogP contribution in [-0.4, -0.2) is 12.1 Å². The summed E-state index contributed by atoms with van der Waals surface area (Å²) in [6.45, 7) is 3.68. The third-order valence-corrected chi connectivity index (χ3v) is 1.50. The van der Waals surface area contributed by atoms with Gasteiger partial charge in [0.15, 0.2) is 0 Å². The number of methoxy groups -OCH3 is 1. The number of aromatic nitrogens is 1. The standard InChI is InChI=1S/C8H8ClNO/c1-6(11-2)7-3-4-10-8(9)5-7/h3-5H,1H2,2H3. The Balaban J connectivity index is 2.96. The predicted molar refractivity (Wildman–Crippen MR) is 45.3 cm³/mol. The van der Waals surface area contributed by atoms with E-state index in [1.165, 1.54) is 0 Å². The molecule has 0 amide bonds. The predicted octanol–water partition coefficient (Wildman–Crippen LogP) is 2.35. The van der Waals surface area contributed by atoms with Crippen LogP contribution in [0.5, 0.6) is 0 Å². The Morgan fingerprint density at radius 3 is 3.00 bits per heavy atom. The molecule has 0 radical (unpaired) electrons. The fourth-order valence-electron chi connectivity index (χ4n) is 0.694. The van der Waals surface area contributed by atoms with Crippen molar-refractivity contribution in [1.82, 2.24) is 4.98 Å². The van der Waals surface area contributed by atoms with E-state index in [-0.39, 0.29) is 0 Å². The van der Waals surface area contributed by atoms with Gasteiger partial charge in [0, 0.05) is 11.8 Å². The van der Waals surface area contributed by atoms with Crippen molar-refractivity contribution in [3.63, 3.8) is 0 Å². The first kappa shape index (κ1) is 8.08. The lowest BCUT2D eigenvalue weighted by Crippen LogP contribution is -1.85. The third kappa shape index (κ3) is 1.95. The summed E-state index contributed by atoms with van der Waals surface area (Å²) in [5.41, 5.74) is 0.854. The van der Waals surface area contributed by atoms with Gasteiger partial charge in [0.2, 0.25) is 0 Å². The summed E-state index contributed by atoms with van der Waals surface area (Å²) in [5, 5.41) is 0.445. The van der Waals surface area contributed by atoms with Crippen molar-refractivity contribution in [2.24, 2.45) is 0 Å². The monoisotopic (exact) mass is 169 g/mol. The fourth-order valence-corrected chi connectivity index (χ4v) is 0.868. The van der Waals surface area contributed by atoms with Crippen LogP contribution < -0.4 is 0 Å². The molecule has 1 rings (SSSR count). The van der Waals surface area contributed by atoms with Gasteiger partial charge >= 0.3 is 0 Å². The lowest BCUT2D eigenvalue weighted by Gasteiger charge is -2.02. The second kappa shape index (κ2) is 3.39. The highest BCUT2D eigenvalue weighted by atomic mass is 35.5. The lowest BCUT2D eigenvalue weighted by molar-refractivity contribution is 0.371. The molecule has 3 heteroatoms. The van der Waals surface area contributed by atoms with Gasteiger partial charge in [0.1, 0.15) is 10.9 Å². The summed E-state index contributed by atoms with van der Waals surface area (Å²) in [4.78, 5) is 3.83. The van der Waals surface area contributed by atoms with Crippen LogP contribution in [-0.2, 0) is 4.74 Å². The van der Waals surface area contributed by atoms with Gasteiger partial charge in [-0.2, -0.15) is 0 Å². The SMILES string of the molecule is C=C(OC)c1ccnc(Cl)c1. The summed E-state index contributed by atoms with van der Waals surface area (Å²) in [7, 11) is 1.57. The van der Waals surface area contributed by atoms with Gasteiger partial charge in [-0.25, -0.2) is 4.98 Å². The number of ether oxygens (including phenoxy) is 1. The van der Waals surface area contributed by atoms with Gasteiger partial charge in [0.05, 0.1) is 7.11 Å². The Kier molecular flexibility index (Phi) is 2.49. The van der Waals surface area contributed by atoms with Crippen molar-refractivity contribution in [1.29, 1.82) is 0 Å². The van der Waals surface area contributed by atoms with Crippen molar-refractivity contribution in [3.05, 3.63) is 35.6 Å². The van der Waals surface area contributed by atoms with Crippen LogP contribution in [0.15, 0.2) is 24.9 Å². The molecule has 58 valence electrons. The molecule has 1 aromatic heterocycles. The second-order valence-corrected chi connectivity index (χ2v) is 2.38. The van der Waals surface area contributed by atoms with Crippen molar-refractivity contribution < 1.29 is 4.74 Å². The maximum Gasteiger partial charge on any atom is 0.129 e. The zero-order valence-corrected chi connectivity index (χ0v) is 6.93. The zero-order chi connectivity index (χ0) is 8.27. The van der Waals surface area contributed by atoms with Crippen LogP contribution in [0.1, 0.15) is 5.56 Å². The Labute approximate surface area is 70.5 Å². The normalized spacial score (nSPS) is 9.27. The minimum atomic E-state index is 0.445. The van der Waals surface area contributed by atoms with Gasteiger partial charge in [0.25, 0.3) is 0 Å². The van der Waals surface area contributed by atoms with E-state index in [4.69, 9.17) is 16.3 Å². The first-order chi connectivity index (χ1) is 5.24. The number of hydrogen-bond donors (Lipinski definition) is 0. The quantitative estimate of drug-likeness (QED) is 0.501. The molecule has 1 aromatic rings. The molecule has 0 atom stereocenters. The molecule has 0 aliphatic heterocycles. The van der Waals surface area contributed by atoms with Crippen LogP contribution in [0.3, 0.4) is 0 Å². The number of hydrogen-bond acceptors (Lipinski definition) is 2. The first-order valence-corrected chi connectivity index (χ1v) is 3.46. The zero-order valence-electron chi connectivity index (χ0n) is 6.17. The highest BCUT2D eigenvalue weighted by Crippen LogP contribution is 2.14. The van der Waals surface area contributed by atoms with Crippen LogP contribution >= 0.6 is 11.6 Å². The van der Waals surface area contributed by atoms with E-state index in [9.17, 15) is 0 Å². The van der Waals surface area contributed by atoms with E-state index in [2.05, 4.69) is 11.6 Å². The molecule has 0 spiro atoms. The minimum Gasteiger partial charge on any atom is -0.497 e. The Morgan fingerprint density at radius 1 is 1.73 bits per heavy atom. The third-order valence-electron chi connectivity index (χ3n) is 1.29. The van der Waals surface area contributed by atoms with E-state index < -0.39 is 0 Å². The van der Waals surface area contributed by atoms with Crippen LogP contribution in [0.4, 0.5) is 0 Å². The van der Waals surface area contributed by atoms with Gasteiger partial charge in [-0.15, -0.1) is 0 Å². The van der Waals surface area contributed by atoms with E-state index >= 15 is 0 Å². The molecule has 0 bridgehead atoms. The van der Waals surface area contributed by atoms with E-state index in [1.54, 1.807) is 25.4 Å². The molecule has 11 heavy (non-hydrogen) atoms. The molecule has 0 aliphatic rings. The summed E-state index contributed by atoms with van der Waals surface area (Å²) >= 11 is 5.64. The van der Waals surface area contributed by atoms with Crippen molar-refractivity contribution >= 4 is 17.4 Å². The average Bonchev–Trinajstić information content (AvgIpc) is 2.03. The highest BCUT2D eigenvalue weighted by molar-refractivity contribution is 6.29. The largest absolute Gasteiger partial charge is 0.497 e. The molecule has 1 heterocycles. The Bertz CT molecular complexity index is 273. The summed E-state index contributed by atoms with van der Waals surface area (Å²) < 4.78 is 4.91. The fraction of sp³-hybridized carbons (Fsp3) is 0.125. The highest BCUT2D eigenvalue weighted by Gasteiger charge is 1.97. The van der Waals surface area contributed by atoms with Crippen molar-refractivity contribution in [3.8, 4) is 0 Å². The molecular formula is C8H8ClNO. The molecule has 2 nitrogen and oxygen atoms in total. The molecular weight excluding hydrogens is 162 g/mol. The minimum absolute atomic E-state index is 0.445. The molecule has 0 saturated carbocycles. The molecule has 0 aromatic carbocycles. The lowest BCUT2D eigenvalue weighted by atomic mass is 10.2. The van der Waals surface area contributed by atoms with Crippen molar-refractivity contribution in [2.75, 3.05) is 7.11 Å². The number of rotatable bonds is 2. The maximum absolute atomic E-state index is 5.64. The topological polar surface area (TPSA) is 22.1 Å². The number of nitrogens with zero attached hydrogens (tertiary/aromatic N) is 1. The van der Waals surface area contributed by atoms with Gasteiger partial charge in [-0.05, 0) is 12.1 Å². The van der Waals surface area contributed by atoms with Gasteiger partial charge in [-0.1, -0.05) is 18.2 Å². The molecule has 0 fully saturated rings. The number of halogens is 1. The van der Waals surface area contributed by atoms with E-state index in [1.807, 2.05) is 0 Å².